The van der Waals surface area contributed by atoms with E-state index in [1.807, 2.05) is 72.8 Å². The molecule has 10 nitrogen and oxygen atoms in total. The van der Waals surface area contributed by atoms with Gasteiger partial charge in [-0.15, -0.1) is 0 Å². The molecule has 47 heavy (non-hydrogen) atoms. The zero-order valence-corrected chi connectivity index (χ0v) is 26.7. The van der Waals surface area contributed by atoms with Gasteiger partial charge in [0.15, 0.2) is 0 Å². The molecule has 0 saturated carbocycles. The normalized spacial score (nSPS) is 12.8. The number of fused-ring (bicyclic) bond motifs is 1. The van der Waals surface area contributed by atoms with Gasteiger partial charge < -0.3 is 16.0 Å². The Kier molecular flexibility index (Phi) is 13.4. The second kappa shape index (κ2) is 18.2. The molecule has 0 saturated heterocycles. The van der Waals surface area contributed by atoms with E-state index >= 15 is 0 Å². The Morgan fingerprint density at radius 1 is 0.830 bits per heavy atom. The minimum absolute atomic E-state index is 0.0888. The number of nitrogens with one attached hydrogen (secondary N) is 3. The Balaban J connectivity index is 1.34. The van der Waals surface area contributed by atoms with Gasteiger partial charge in [0.05, 0.1) is 18.4 Å². The molecule has 0 fully saturated rings. The molecule has 0 aliphatic rings. The number of hydroxylamine groups is 2. The van der Waals surface area contributed by atoms with Gasteiger partial charge >= 0.3 is 0 Å². The quantitative estimate of drug-likeness (QED) is 0.0520. The molecule has 246 valence electrons. The third kappa shape index (κ3) is 11.0. The molecule has 1 heterocycles. The van der Waals surface area contributed by atoms with Crippen molar-refractivity contribution in [2.24, 2.45) is 5.92 Å². The number of amides is 4. The van der Waals surface area contributed by atoms with E-state index in [9.17, 15) is 24.4 Å². The maximum absolute atomic E-state index is 13.6. The second-order valence-corrected chi connectivity index (χ2v) is 11.7. The predicted molar refractivity (Wildman–Crippen MR) is 181 cm³/mol. The molecule has 0 aliphatic carbocycles. The van der Waals surface area contributed by atoms with Gasteiger partial charge in [-0.25, -0.2) is 10.0 Å². The van der Waals surface area contributed by atoms with E-state index in [1.54, 1.807) is 31.3 Å². The van der Waals surface area contributed by atoms with Crippen molar-refractivity contribution in [3.8, 4) is 0 Å². The van der Waals surface area contributed by atoms with E-state index in [1.165, 1.54) is 0 Å². The lowest BCUT2D eigenvalue weighted by Crippen LogP contribution is -2.50. The van der Waals surface area contributed by atoms with E-state index in [2.05, 4.69) is 20.9 Å². The average molecular weight is 638 g/mol. The third-order valence-electron chi connectivity index (χ3n) is 8.24. The van der Waals surface area contributed by atoms with Crippen molar-refractivity contribution >= 4 is 40.7 Å². The second-order valence-electron chi connectivity index (χ2n) is 11.7. The molecule has 0 bridgehead atoms. The Bertz CT molecular complexity index is 1600. The first-order valence-electron chi connectivity index (χ1n) is 16.1. The highest BCUT2D eigenvalue weighted by molar-refractivity contribution is 5.97. The molecule has 0 unspecified atom stereocenters. The molecule has 3 atom stereocenters. The monoisotopic (exact) mass is 637 g/mol. The van der Waals surface area contributed by atoms with Crippen molar-refractivity contribution < 1.29 is 24.4 Å². The fourth-order valence-electron chi connectivity index (χ4n) is 5.54. The van der Waals surface area contributed by atoms with Gasteiger partial charge in [-0.1, -0.05) is 78.9 Å². The molecular formula is C37H43N5O5. The number of hydrogen-bond donors (Lipinski definition) is 4. The van der Waals surface area contributed by atoms with Crippen molar-refractivity contribution in [1.29, 1.82) is 0 Å². The Labute approximate surface area is 275 Å². The van der Waals surface area contributed by atoms with E-state index < -0.39 is 29.8 Å². The first kappa shape index (κ1) is 34.8. The van der Waals surface area contributed by atoms with Crippen LogP contribution in [-0.2, 0) is 32.0 Å². The fraction of sp³-hybridized carbons (Fsp3) is 0.324. The highest BCUT2D eigenvalue weighted by Crippen LogP contribution is 2.19. The predicted octanol–water partition coefficient (Wildman–Crippen LogP) is 5.06. The molecule has 4 rings (SSSR count). The van der Waals surface area contributed by atoms with Crippen LogP contribution < -0.4 is 16.0 Å². The van der Waals surface area contributed by atoms with Crippen molar-refractivity contribution in [1.82, 2.24) is 20.7 Å². The number of anilines is 1. The minimum atomic E-state index is -0.898. The number of carbonyl (C=O) groups excluding carboxylic acids is 4. The topological polar surface area (TPSA) is 141 Å². The van der Waals surface area contributed by atoms with Gasteiger partial charge in [-0.05, 0) is 79.5 Å². The highest BCUT2D eigenvalue weighted by Gasteiger charge is 2.31. The first-order chi connectivity index (χ1) is 22.8. The summed E-state index contributed by atoms with van der Waals surface area (Å²) in [5.74, 6) is -1.35. The number of pyridine rings is 1. The molecule has 10 heteroatoms. The molecule has 1 aromatic heterocycles. The molecule has 4 aromatic rings. The Hall–Kier alpha value is -5.09. The van der Waals surface area contributed by atoms with Crippen LogP contribution in [0.25, 0.3) is 10.8 Å². The smallest absolute Gasteiger partial charge is 0.248 e. The zero-order valence-electron chi connectivity index (χ0n) is 26.7. The van der Waals surface area contributed by atoms with Crippen molar-refractivity contribution in [2.75, 3.05) is 11.9 Å². The summed E-state index contributed by atoms with van der Waals surface area (Å²) in [6.45, 7) is 2.03. The summed E-state index contributed by atoms with van der Waals surface area (Å²) in [6.07, 6.45) is 5.32. The van der Waals surface area contributed by atoms with Crippen LogP contribution in [0.3, 0.4) is 0 Å². The van der Waals surface area contributed by atoms with Gasteiger partial charge in [0.25, 0.3) is 0 Å². The Morgan fingerprint density at radius 3 is 2.32 bits per heavy atom. The zero-order chi connectivity index (χ0) is 33.4. The number of aryl methyl sites for hydroxylation is 1. The maximum Gasteiger partial charge on any atom is 0.248 e. The van der Waals surface area contributed by atoms with E-state index in [-0.39, 0.29) is 18.7 Å². The van der Waals surface area contributed by atoms with Gasteiger partial charge in [0.2, 0.25) is 24.1 Å². The van der Waals surface area contributed by atoms with Gasteiger partial charge in [0, 0.05) is 12.7 Å². The summed E-state index contributed by atoms with van der Waals surface area (Å²) in [5.41, 5.74) is 2.05. The number of hydrogen-bond acceptors (Lipinski definition) is 6. The highest BCUT2D eigenvalue weighted by atomic mass is 16.5. The summed E-state index contributed by atoms with van der Waals surface area (Å²) in [6, 6.07) is 27.3. The summed E-state index contributed by atoms with van der Waals surface area (Å²) >= 11 is 0. The van der Waals surface area contributed by atoms with E-state index in [4.69, 9.17) is 0 Å². The SMILES string of the molecule is C[C@@H]([C@@H](CCCc1ccccc1)C(=O)N[C@@H](CCCCNC(=O)Cc1ccc2ccccc2c1)C(=O)Nc1ccccn1)N(O)C=O. The molecule has 0 radical (unpaired) electrons. The van der Waals surface area contributed by atoms with Crippen molar-refractivity contribution in [3.05, 3.63) is 108 Å². The van der Waals surface area contributed by atoms with Crippen LogP contribution in [0.2, 0.25) is 0 Å². The lowest BCUT2D eigenvalue weighted by atomic mass is 9.92. The summed E-state index contributed by atoms with van der Waals surface area (Å²) in [7, 11) is 0. The molecular weight excluding hydrogens is 594 g/mol. The van der Waals surface area contributed by atoms with Gasteiger partial charge in [-0.3, -0.25) is 24.4 Å². The van der Waals surface area contributed by atoms with Gasteiger partial charge in [-0.2, -0.15) is 0 Å². The average Bonchev–Trinajstić information content (AvgIpc) is 3.09. The Morgan fingerprint density at radius 2 is 1.57 bits per heavy atom. The number of rotatable bonds is 18. The van der Waals surface area contributed by atoms with Crippen LogP contribution in [0.15, 0.2) is 97.2 Å². The first-order valence-corrected chi connectivity index (χ1v) is 16.1. The number of benzene rings is 3. The lowest BCUT2D eigenvalue weighted by Gasteiger charge is -2.29. The van der Waals surface area contributed by atoms with Crippen LogP contribution in [0.5, 0.6) is 0 Å². The van der Waals surface area contributed by atoms with Crippen LogP contribution in [0.4, 0.5) is 5.82 Å². The molecule has 3 aromatic carbocycles. The van der Waals surface area contributed by atoms with Crippen LogP contribution in [0.1, 0.15) is 50.2 Å². The van der Waals surface area contributed by atoms with Crippen LogP contribution in [0, 0.1) is 5.92 Å². The van der Waals surface area contributed by atoms with E-state index in [0.29, 0.717) is 49.5 Å². The summed E-state index contributed by atoms with van der Waals surface area (Å²) < 4.78 is 0. The summed E-state index contributed by atoms with van der Waals surface area (Å²) in [5, 5.41) is 21.4. The van der Waals surface area contributed by atoms with Gasteiger partial charge in [0.1, 0.15) is 11.9 Å². The molecule has 4 amide bonds. The maximum atomic E-state index is 13.6. The number of aromatic nitrogens is 1. The number of unbranched alkanes of at least 4 members (excludes halogenated alkanes) is 1. The number of nitrogens with zero attached hydrogens (tertiary/aromatic N) is 2. The largest absolute Gasteiger partial charge is 0.356 e. The fourth-order valence-corrected chi connectivity index (χ4v) is 5.54. The van der Waals surface area contributed by atoms with Crippen LogP contribution in [-0.4, -0.2) is 58.0 Å². The van der Waals surface area contributed by atoms with Crippen molar-refractivity contribution in [2.45, 2.75) is 64.0 Å². The molecule has 0 spiro atoms. The van der Waals surface area contributed by atoms with Crippen LogP contribution >= 0.6 is 0 Å². The third-order valence-corrected chi connectivity index (χ3v) is 8.24. The summed E-state index contributed by atoms with van der Waals surface area (Å²) in [4.78, 5) is 55.1. The van der Waals surface area contributed by atoms with E-state index in [0.717, 1.165) is 28.3 Å². The standard InChI is InChI=1S/C37H43N5O5/c1-27(42(47)26-43)32(17-11-14-28-12-3-2-4-13-28)36(45)40-33(37(46)41-34-19-8-10-22-38-34)18-7-9-23-39-35(44)25-29-20-21-30-15-5-6-16-31(30)24-29/h2-6,8,10,12-13,15-16,19-22,24,26-27,32-33,47H,7,9,11,14,17-18,23,25H2,1H3,(H,39,44)(H,40,45)(H,38,41,46)/t27-,32+,33-/m0/s1. The minimum Gasteiger partial charge on any atom is -0.356 e. The molecule has 0 aliphatic heterocycles. The van der Waals surface area contributed by atoms with Crippen molar-refractivity contribution in [3.63, 3.8) is 0 Å². The lowest BCUT2D eigenvalue weighted by molar-refractivity contribution is -0.166. The molecule has 4 N–H and O–H groups in total. The number of carbonyl (C=O) groups is 4.